The minimum atomic E-state index is -0.598. The Balaban J connectivity index is 2.45. The molecule has 3 nitrogen and oxygen atoms in total. The predicted molar refractivity (Wildman–Crippen MR) is 73.6 cm³/mol. The first-order valence-electron chi connectivity index (χ1n) is 6.19. The molecule has 1 atom stereocenters. The zero-order valence-corrected chi connectivity index (χ0v) is 11.5. The second-order valence-corrected chi connectivity index (χ2v) is 5.05. The molecule has 0 aliphatic carbocycles. The largest absolute Gasteiger partial charge is 0.476 e. The molecule has 0 amide bonds. The lowest BCUT2D eigenvalue weighted by Crippen LogP contribution is -2.35. The lowest BCUT2D eigenvalue weighted by atomic mass is 9.81. The van der Waals surface area contributed by atoms with E-state index in [4.69, 9.17) is 9.47 Å². The molecule has 2 rings (SSSR count). The van der Waals surface area contributed by atoms with Gasteiger partial charge in [0.15, 0.2) is 0 Å². The Morgan fingerprint density at radius 2 is 1.95 bits per heavy atom. The van der Waals surface area contributed by atoms with Crippen LogP contribution in [0.5, 0.6) is 0 Å². The van der Waals surface area contributed by atoms with Crippen molar-refractivity contribution in [2.75, 3.05) is 7.11 Å². The standard InChI is InChI=1S/C16H18O3/c1-11-13(12-8-6-5-7-9-12)10-14(15(17)18-4)19-16(11,2)3/h5-10,13H,1H2,2-4H3/t13-/m1/s1. The quantitative estimate of drug-likeness (QED) is 0.603. The van der Waals surface area contributed by atoms with E-state index >= 15 is 0 Å². The van der Waals surface area contributed by atoms with E-state index in [1.54, 1.807) is 6.08 Å². The van der Waals surface area contributed by atoms with Crippen molar-refractivity contribution in [3.05, 3.63) is 59.9 Å². The third kappa shape index (κ3) is 2.55. The normalized spacial score (nSPS) is 21.3. The molecule has 1 aromatic rings. The molecule has 100 valence electrons. The number of esters is 1. The first-order chi connectivity index (χ1) is 8.95. The van der Waals surface area contributed by atoms with Crippen LogP contribution in [0.4, 0.5) is 0 Å². The molecule has 3 heteroatoms. The van der Waals surface area contributed by atoms with Crippen molar-refractivity contribution >= 4 is 5.97 Å². The second kappa shape index (κ2) is 4.92. The third-order valence-electron chi connectivity index (χ3n) is 3.38. The van der Waals surface area contributed by atoms with Gasteiger partial charge in [-0.2, -0.15) is 0 Å². The van der Waals surface area contributed by atoms with Gasteiger partial charge in [-0.25, -0.2) is 4.79 Å². The van der Waals surface area contributed by atoms with E-state index in [-0.39, 0.29) is 11.7 Å². The molecule has 1 aliphatic heterocycles. The Bertz CT molecular complexity index is 526. The summed E-state index contributed by atoms with van der Waals surface area (Å²) in [5.41, 5.74) is 1.41. The summed E-state index contributed by atoms with van der Waals surface area (Å²) in [4.78, 5) is 11.7. The fourth-order valence-electron chi connectivity index (χ4n) is 2.17. The number of carbonyl (C=O) groups is 1. The first-order valence-corrected chi connectivity index (χ1v) is 6.19. The number of carbonyl (C=O) groups excluding carboxylic acids is 1. The van der Waals surface area contributed by atoms with Gasteiger partial charge >= 0.3 is 5.97 Å². The van der Waals surface area contributed by atoms with E-state index in [0.717, 1.165) is 11.1 Å². The maximum Gasteiger partial charge on any atom is 0.373 e. The van der Waals surface area contributed by atoms with Gasteiger partial charge in [-0.3, -0.25) is 0 Å². The topological polar surface area (TPSA) is 35.5 Å². The van der Waals surface area contributed by atoms with E-state index in [9.17, 15) is 4.79 Å². The number of ether oxygens (including phenoxy) is 2. The summed E-state index contributed by atoms with van der Waals surface area (Å²) in [5, 5.41) is 0. The summed E-state index contributed by atoms with van der Waals surface area (Å²) in [6.45, 7) is 7.93. The summed E-state index contributed by atoms with van der Waals surface area (Å²) in [5.74, 6) is -0.255. The molecule has 0 saturated heterocycles. The first kappa shape index (κ1) is 13.4. The van der Waals surface area contributed by atoms with Gasteiger partial charge < -0.3 is 9.47 Å². The summed E-state index contributed by atoms with van der Waals surface area (Å²) in [6.07, 6.45) is 1.77. The molecule has 0 bridgehead atoms. The minimum Gasteiger partial charge on any atom is -0.476 e. The van der Waals surface area contributed by atoms with E-state index in [1.807, 2.05) is 44.2 Å². The summed E-state index contributed by atoms with van der Waals surface area (Å²) in [6, 6.07) is 9.93. The maximum absolute atomic E-state index is 11.7. The fourth-order valence-corrected chi connectivity index (χ4v) is 2.17. The Hall–Kier alpha value is -2.03. The molecule has 0 unspecified atom stereocenters. The van der Waals surface area contributed by atoms with Crippen molar-refractivity contribution < 1.29 is 14.3 Å². The van der Waals surface area contributed by atoms with Gasteiger partial charge in [0.2, 0.25) is 5.76 Å². The highest BCUT2D eigenvalue weighted by Crippen LogP contribution is 2.40. The Morgan fingerprint density at radius 1 is 1.32 bits per heavy atom. The van der Waals surface area contributed by atoms with Crippen LogP contribution in [0.2, 0.25) is 0 Å². The van der Waals surface area contributed by atoms with Gasteiger partial charge in [-0.1, -0.05) is 36.9 Å². The van der Waals surface area contributed by atoms with Crippen LogP contribution in [0.3, 0.4) is 0 Å². The van der Waals surface area contributed by atoms with Crippen LogP contribution in [-0.4, -0.2) is 18.7 Å². The molecule has 1 aliphatic rings. The number of hydrogen-bond donors (Lipinski definition) is 0. The highest BCUT2D eigenvalue weighted by Gasteiger charge is 2.37. The highest BCUT2D eigenvalue weighted by molar-refractivity contribution is 5.87. The number of methoxy groups -OCH3 is 1. The van der Waals surface area contributed by atoms with Crippen molar-refractivity contribution in [2.24, 2.45) is 0 Å². The van der Waals surface area contributed by atoms with Crippen molar-refractivity contribution in [3.8, 4) is 0 Å². The van der Waals surface area contributed by atoms with Gasteiger partial charge in [0.05, 0.1) is 7.11 Å². The minimum absolute atomic E-state index is 0.0425. The number of hydrogen-bond acceptors (Lipinski definition) is 3. The molecule has 0 radical (unpaired) electrons. The van der Waals surface area contributed by atoms with Gasteiger partial charge in [0, 0.05) is 5.92 Å². The van der Waals surface area contributed by atoms with Gasteiger partial charge in [0.1, 0.15) is 5.60 Å². The molecule has 0 fully saturated rings. The smallest absolute Gasteiger partial charge is 0.373 e. The Morgan fingerprint density at radius 3 is 2.53 bits per heavy atom. The maximum atomic E-state index is 11.7. The second-order valence-electron chi connectivity index (χ2n) is 5.05. The lowest BCUT2D eigenvalue weighted by molar-refractivity contribution is -0.142. The molecule has 0 N–H and O–H groups in total. The molecular weight excluding hydrogens is 240 g/mol. The van der Waals surface area contributed by atoms with Crippen LogP contribution >= 0.6 is 0 Å². The molecule has 0 spiro atoms. The number of allylic oxidation sites excluding steroid dienone is 1. The summed E-state index contributed by atoms with van der Waals surface area (Å²) in [7, 11) is 1.35. The van der Waals surface area contributed by atoms with E-state index in [2.05, 4.69) is 6.58 Å². The van der Waals surface area contributed by atoms with Crippen LogP contribution in [0.25, 0.3) is 0 Å². The third-order valence-corrected chi connectivity index (χ3v) is 3.38. The number of rotatable bonds is 2. The molecule has 0 saturated carbocycles. The highest BCUT2D eigenvalue weighted by atomic mass is 16.6. The van der Waals surface area contributed by atoms with Gasteiger partial charge in [-0.15, -0.1) is 0 Å². The molecular formula is C16H18O3. The Kier molecular flexibility index (Phi) is 3.47. The van der Waals surface area contributed by atoms with E-state index in [0.29, 0.717) is 0 Å². The average Bonchev–Trinajstić information content (AvgIpc) is 2.41. The lowest BCUT2D eigenvalue weighted by Gasteiger charge is -2.37. The van der Waals surface area contributed by atoms with Crippen LogP contribution in [0, 0.1) is 0 Å². The van der Waals surface area contributed by atoms with E-state index in [1.165, 1.54) is 7.11 Å². The van der Waals surface area contributed by atoms with Gasteiger partial charge in [0.25, 0.3) is 0 Å². The summed E-state index contributed by atoms with van der Waals surface area (Å²) >= 11 is 0. The van der Waals surface area contributed by atoms with Crippen molar-refractivity contribution in [3.63, 3.8) is 0 Å². The molecule has 0 aromatic heterocycles. The SMILES string of the molecule is C=C1[C@H](c2ccccc2)C=C(C(=O)OC)OC1(C)C. The molecule has 1 aromatic carbocycles. The van der Waals surface area contributed by atoms with Gasteiger partial charge in [-0.05, 0) is 31.1 Å². The summed E-state index contributed by atoms with van der Waals surface area (Å²) < 4.78 is 10.4. The van der Waals surface area contributed by atoms with Crippen LogP contribution in [0.15, 0.2) is 54.3 Å². The zero-order chi connectivity index (χ0) is 14.0. The molecule has 1 heterocycles. The number of benzene rings is 1. The van der Waals surface area contributed by atoms with Crippen LogP contribution in [-0.2, 0) is 14.3 Å². The van der Waals surface area contributed by atoms with Crippen LogP contribution < -0.4 is 0 Å². The zero-order valence-electron chi connectivity index (χ0n) is 11.5. The Labute approximate surface area is 113 Å². The van der Waals surface area contributed by atoms with Crippen molar-refractivity contribution in [2.45, 2.75) is 25.4 Å². The van der Waals surface area contributed by atoms with Crippen molar-refractivity contribution in [1.29, 1.82) is 0 Å². The average molecular weight is 258 g/mol. The monoisotopic (exact) mass is 258 g/mol. The van der Waals surface area contributed by atoms with Crippen LogP contribution in [0.1, 0.15) is 25.3 Å². The fraction of sp³-hybridized carbons (Fsp3) is 0.312. The van der Waals surface area contributed by atoms with Crippen molar-refractivity contribution in [1.82, 2.24) is 0 Å². The molecule has 19 heavy (non-hydrogen) atoms. The predicted octanol–water partition coefficient (Wildman–Crippen LogP) is 3.19. The van der Waals surface area contributed by atoms with E-state index < -0.39 is 11.6 Å².